The lowest BCUT2D eigenvalue weighted by atomic mass is 10.1. The van der Waals surface area contributed by atoms with Crippen LogP contribution in [0.1, 0.15) is 49.3 Å². The fourth-order valence-electron chi connectivity index (χ4n) is 4.67. The Morgan fingerprint density at radius 3 is 2.33 bits per heavy atom. The summed E-state index contributed by atoms with van der Waals surface area (Å²) in [5.41, 5.74) is 4.41. The van der Waals surface area contributed by atoms with Gasteiger partial charge in [-0.25, -0.2) is 4.79 Å². The van der Waals surface area contributed by atoms with Crippen molar-refractivity contribution in [3.8, 4) is 0 Å². The molecule has 1 aromatic heterocycles. The summed E-state index contributed by atoms with van der Waals surface area (Å²) in [6.07, 6.45) is 2.53. The van der Waals surface area contributed by atoms with Crippen molar-refractivity contribution >= 4 is 29.5 Å². The van der Waals surface area contributed by atoms with Crippen molar-refractivity contribution in [2.45, 2.75) is 65.6 Å². The lowest BCUT2D eigenvalue weighted by Gasteiger charge is -2.36. The zero-order valence-corrected chi connectivity index (χ0v) is 27.0. The summed E-state index contributed by atoms with van der Waals surface area (Å²) in [5.74, 6) is 0. The van der Waals surface area contributed by atoms with Gasteiger partial charge in [-0.15, -0.1) is 11.3 Å². The summed E-state index contributed by atoms with van der Waals surface area (Å²) in [6, 6.07) is 21.6. The van der Waals surface area contributed by atoms with Gasteiger partial charge >= 0.3 is 6.09 Å². The molecule has 2 heterocycles. The molecule has 1 unspecified atom stereocenters. The number of thiophene rings is 1. The molecular formula is C34H48N4O3S. The largest absolute Gasteiger partial charge is 0.444 e. The fraction of sp³-hybridized carbons (Fsp3) is 0.471. The molecule has 1 saturated heterocycles. The summed E-state index contributed by atoms with van der Waals surface area (Å²) < 4.78 is 5.69. The first kappa shape index (κ1) is 33.1. The maximum atomic E-state index is 12.9. The Morgan fingerprint density at radius 1 is 1.05 bits per heavy atom. The Kier molecular flexibility index (Phi) is 12.9. The highest BCUT2D eigenvalue weighted by molar-refractivity contribution is 7.09. The average Bonchev–Trinajstić information content (AvgIpc) is 3.50. The fourth-order valence-corrected chi connectivity index (χ4v) is 5.37. The van der Waals surface area contributed by atoms with Crippen molar-refractivity contribution in [3.05, 3.63) is 87.6 Å². The zero-order valence-electron chi connectivity index (χ0n) is 26.1. The summed E-state index contributed by atoms with van der Waals surface area (Å²) in [5, 5.41) is 5.28. The molecule has 1 aliphatic heterocycles. The van der Waals surface area contributed by atoms with Crippen LogP contribution in [0.15, 0.2) is 66.0 Å². The predicted octanol–water partition coefficient (Wildman–Crippen LogP) is 6.15. The average molecular weight is 593 g/mol. The minimum absolute atomic E-state index is 0.292. The molecule has 0 saturated carbocycles. The number of aryl methyl sites for hydroxylation is 1. The molecule has 42 heavy (non-hydrogen) atoms. The molecule has 0 spiro atoms. The molecule has 1 atom stereocenters. The summed E-state index contributed by atoms with van der Waals surface area (Å²) >= 11 is 1.70. The third kappa shape index (κ3) is 11.1. The van der Waals surface area contributed by atoms with Crippen LogP contribution in [-0.4, -0.2) is 73.7 Å². The number of likely N-dealkylation sites (N-methyl/N-ethyl adjacent to an activating group) is 1. The van der Waals surface area contributed by atoms with Crippen molar-refractivity contribution in [1.82, 2.24) is 15.1 Å². The molecule has 2 amide bonds. The number of ether oxygens (including phenoxy) is 1. The minimum atomic E-state index is -0.539. The van der Waals surface area contributed by atoms with Crippen LogP contribution in [-0.2, 0) is 28.9 Å². The molecule has 1 aliphatic rings. The Morgan fingerprint density at radius 2 is 1.74 bits per heavy atom. The number of amides is 2. The molecule has 4 rings (SSSR count). The van der Waals surface area contributed by atoms with Crippen LogP contribution in [0.25, 0.3) is 0 Å². The second-order valence-electron chi connectivity index (χ2n) is 11.9. The van der Waals surface area contributed by atoms with E-state index in [1.807, 2.05) is 46.0 Å². The van der Waals surface area contributed by atoms with Crippen molar-refractivity contribution < 1.29 is 14.3 Å². The van der Waals surface area contributed by atoms with E-state index in [1.54, 1.807) is 21.1 Å². The van der Waals surface area contributed by atoms with Crippen LogP contribution in [0.5, 0.6) is 0 Å². The van der Waals surface area contributed by atoms with Crippen LogP contribution in [0, 0.1) is 6.92 Å². The Labute approximate surface area is 256 Å². The number of para-hydroxylation sites is 1. The maximum absolute atomic E-state index is 12.9. The third-order valence-corrected chi connectivity index (χ3v) is 8.11. The smallest absolute Gasteiger partial charge is 0.410 e. The van der Waals surface area contributed by atoms with E-state index in [1.165, 1.54) is 16.0 Å². The SMILES string of the molecule is CC(C)(C)OC(=O)N(CCc1cccs1)Cc1ccccc1N1CCN(C=O)CC1.CNC(C)Cc1ccc(C)cc1. The molecule has 0 bridgehead atoms. The van der Waals surface area contributed by atoms with Gasteiger partial charge < -0.3 is 24.8 Å². The first-order valence-electron chi connectivity index (χ1n) is 14.8. The molecule has 7 nitrogen and oxygen atoms in total. The molecule has 1 N–H and O–H groups in total. The Bertz CT molecular complexity index is 1220. The van der Waals surface area contributed by atoms with Crippen molar-refractivity contribution in [2.75, 3.05) is 44.7 Å². The van der Waals surface area contributed by atoms with E-state index in [0.29, 0.717) is 32.2 Å². The second-order valence-corrected chi connectivity index (χ2v) is 12.9. The lowest BCUT2D eigenvalue weighted by molar-refractivity contribution is -0.118. The lowest BCUT2D eigenvalue weighted by Crippen LogP contribution is -2.46. The van der Waals surface area contributed by atoms with Gasteiger partial charge in [-0.05, 0) is 83.1 Å². The standard InChI is InChI=1S/C23H31N3O3S.C11H17N/c1-23(2,3)29-22(28)26(11-10-20-8-6-16-30-20)17-19-7-4-5-9-21(19)25-14-12-24(18-27)13-15-25;1-9-4-6-11(7-5-9)8-10(2)12-3/h4-9,16,18H,10-15,17H2,1-3H3;4-7,10,12H,8H2,1-3H3. The summed E-state index contributed by atoms with van der Waals surface area (Å²) in [4.78, 5) is 31.1. The number of nitrogens with one attached hydrogen (secondary N) is 1. The number of piperazine rings is 1. The number of anilines is 1. The van der Waals surface area contributed by atoms with E-state index >= 15 is 0 Å². The molecule has 8 heteroatoms. The van der Waals surface area contributed by atoms with Gasteiger partial charge in [0.1, 0.15) is 5.60 Å². The Hall–Kier alpha value is -3.36. The molecule has 3 aromatic rings. The van der Waals surface area contributed by atoms with Crippen molar-refractivity contribution in [3.63, 3.8) is 0 Å². The Balaban J connectivity index is 0.000000337. The molecular weight excluding hydrogens is 544 g/mol. The van der Waals surface area contributed by atoms with Crippen LogP contribution in [0.4, 0.5) is 10.5 Å². The summed E-state index contributed by atoms with van der Waals surface area (Å²) in [6.45, 7) is 14.1. The number of benzene rings is 2. The van der Waals surface area contributed by atoms with Gasteiger partial charge in [-0.1, -0.05) is 54.1 Å². The van der Waals surface area contributed by atoms with Crippen LogP contribution < -0.4 is 10.2 Å². The number of hydrogen-bond acceptors (Lipinski definition) is 6. The van der Waals surface area contributed by atoms with Crippen LogP contribution in [0.3, 0.4) is 0 Å². The monoisotopic (exact) mass is 592 g/mol. The van der Waals surface area contributed by atoms with Crippen molar-refractivity contribution in [1.29, 1.82) is 0 Å². The van der Waals surface area contributed by atoms with Gasteiger partial charge in [-0.2, -0.15) is 0 Å². The van der Waals surface area contributed by atoms with E-state index in [9.17, 15) is 9.59 Å². The van der Waals surface area contributed by atoms with Crippen LogP contribution >= 0.6 is 11.3 Å². The summed E-state index contributed by atoms with van der Waals surface area (Å²) in [7, 11) is 2.00. The third-order valence-electron chi connectivity index (χ3n) is 7.17. The van der Waals surface area contributed by atoms with Gasteiger partial charge in [0.05, 0.1) is 6.54 Å². The normalized spacial score (nSPS) is 14.0. The first-order valence-corrected chi connectivity index (χ1v) is 15.7. The van der Waals surface area contributed by atoms with E-state index in [-0.39, 0.29) is 6.09 Å². The van der Waals surface area contributed by atoms with Crippen LogP contribution in [0.2, 0.25) is 0 Å². The van der Waals surface area contributed by atoms with E-state index in [4.69, 9.17) is 4.74 Å². The number of carbonyl (C=O) groups is 2. The number of nitrogens with zero attached hydrogens (tertiary/aromatic N) is 3. The van der Waals surface area contributed by atoms with Gasteiger partial charge in [0.25, 0.3) is 0 Å². The highest BCUT2D eigenvalue weighted by Gasteiger charge is 2.24. The van der Waals surface area contributed by atoms with Crippen molar-refractivity contribution in [2.24, 2.45) is 0 Å². The van der Waals surface area contributed by atoms with E-state index < -0.39 is 5.60 Å². The number of carbonyl (C=O) groups excluding carboxylic acids is 2. The highest BCUT2D eigenvalue weighted by Crippen LogP contribution is 2.24. The van der Waals surface area contributed by atoms with E-state index in [2.05, 4.69) is 71.9 Å². The first-order chi connectivity index (χ1) is 20.1. The van der Waals surface area contributed by atoms with Gasteiger partial charge in [0.15, 0.2) is 0 Å². The zero-order chi connectivity index (χ0) is 30.5. The highest BCUT2D eigenvalue weighted by atomic mass is 32.1. The predicted molar refractivity (Wildman–Crippen MR) is 174 cm³/mol. The topological polar surface area (TPSA) is 65.1 Å². The molecule has 1 fully saturated rings. The van der Waals surface area contributed by atoms with E-state index in [0.717, 1.165) is 43.6 Å². The second kappa shape index (κ2) is 16.3. The quantitative estimate of drug-likeness (QED) is 0.286. The minimum Gasteiger partial charge on any atom is -0.444 e. The molecule has 0 aliphatic carbocycles. The van der Waals surface area contributed by atoms with Gasteiger partial charge in [0.2, 0.25) is 6.41 Å². The number of hydrogen-bond donors (Lipinski definition) is 1. The molecule has 228 valence electrons. The van der Waals surface area contributed by atoms with Gasteiger partial charge in [-0.3, -0.25) is 4.79 Å². The molecule has 0 radical (unpaired) electrons. The number of rotatable bonds is 10. The maximum Gasteiger partial charge on any atom is 0.410 e. The molecule has 2 aromatic carbocycles. The van der Waals surface area contributed by atoms with Gasteiger partial charge in [0, 0.05) is 49.3 Å².